The highest BCUT2D eigenvalue weighted by Gasteiger charge is 2.30. The summed E-state index contributed by atoms with van der Waals surface area (Å²) in [6.45, 7) is 15.3. The highest BCUT2D eigenvalue weighted by molar-refractivity contribution is 7.46. The number of unbranched alkanes of at least 4 members (excludes halogenated alkanes) is 2. The molecule has 0 saturated carbocycles. The van der Waals surface area contributed by atoms with Crippen molar-refractivity contribution < 1.29 is 37.9 Å². The van der Waals surface area contributed by atoms with Crippen molar-refractivity contribution in [3.63, 3.8) is 0 Å². The average molecular weight is 621 g/mol. The van der Waals surface area contributed by atoms with E-state index in [1.807, 2.05) is 33.8 Å². The molecule has 43 heavy (non-hydrogen) atoms. The molecule has 2 aromatic rings. The lowest BCUT2D eigenvalue weighted by Gasteiger charge is -2.35. The number of phosphoric acid groups is 1. The first kappa shape index (κ1) is 38.5. The van der Waals surface area contributed by atoms with Crippen LogP contribution in [0.2, 0.25) is 0 Å². The van der Waals surface area contributed by atoms with Crippen LogP contribution >= 0.6 is 7.82 Å². The maximum absolute atomic E-state index is 12.0. The fourth-order valence-electron chi connectivity index (χ4n) is 4.60. The predicted molar refractivity (Wildman–Crippen MR) is 171 cm³/mol. The first-order chi connectivity index (χ1) is 20.2. The Hall–Kier alpha value is -2.51. The second-order valence-corrected chi connectivity index (χ2v) is 13.5. The Kier molecular flexibility index (Phi) is 17.6. The fourth-order valence-corrected chi connectivity index (χ4v) is 4.97. The molecule has 0 aliphatic heterocycles. The molecule has 0 spiro atoms. The van der Waals surface area contributed by atoms with Crippen molar-refractivity contribution in [2.45, 2.75) is 92.4 Å². The minimum absolute atomic E-state index is 0.0388. The van der Waals surface area contributed by atoms with Crippen LogP contribution in [0.1, 0.15) is 113 Å². The van der Waals surface area contributed by atoms with Crippen LogP contribution in [0.5, 0.6) is 0 Å². The zero-order chi connectivity index (χ0) is 32.5. The minimum Gasteiger partial charge on any atom is -0.462 e. The van der Waals surface area contributed by atoms with Crippen LogP contribution in [0.15, 0.2) is 54.6 Å². The quantitative estimate of drug-likeness (QED) is 0.103. The summed E-state index contributed by atoms with van der Waals surface area (Å²) in [6.07, 6.45) is 6.31. The lowest BCUT2D eigenvalue weighted by molar-refractivity contribution is 0.0412. The first-order valence-corrected chi connectivity index (χ1v) is 16.9. The normalized spacial score (nSPS) is 12.4. The maximum atomic E-state index is 12.0. The lowest BCUT2D eigenvalue weighted by atomic mass is 9.69. The number of phosphoric ester groups is 1. The van der Waals surface area contributed by atoms with Crippen molar-refractivity contribution in [1.82, 2.24) is 0 Å². The molecule has 2 N–H and O–H groups in total. The second-order valence-electron chi connectivity index (χ2n) is 12.3. The summed E-state index contributed by atoms with van der Waals surface area (Å²) in [5, 5.41) is 0. The van der Waals surface area contributed by atoms with Gasteiger partial charge in [0.05, 0.1) is 30.9 Å². The third-order valence-electron chi connectivity index (χ3n) is 7.11. The van der Waals surface area contributed by atoms with Crippen LogP contribution in [0.4, 0.5) is 0 Å². The molecule has 9 heteroatoms. The van der Waals surface area contributed by atoms with Gasteiger partial charge in [0.1, 0.15) is 0 Å². The van der Waals surface area contributed by atoms with Gasteiger partial charge in [0.25, 0.3) is 0 Å². The smallest absolute Gasteiger partial charge is 0.462 e. The Balaban J connectivity index is 0.000000434. The molecule has 0 bridgehead atoms. The minimum atomic E-state index is -4.35. The van der Waals surface area contributed by atoms with Gasteiger partial charge in [0, 0.05) is 0 Å². The lowest BCUT2D eigenvalue weighted by Crippen LogP contribution is -2.29. The number of ether oxygens (including phenoxy) is 2. The number of hydrogen-bond acceptors (Lipinski definition) is 6. The molecule has 8 nitrogen and oxygen atoms in total. The van der Waals surface area contributed by atoms with Gasteiger partial charge in [-0.05, 0) is 60.1 Å². The number of benzene rings is 2. The standard InChI is InChI=1S/C18H31O4P.C16H22O4/c1-4-5-7-11-17(14-10-15-22-23(19,20)21)18(2,3)16-12-8-6-9-13-16;1-11(2)9-19-15(17)13-7-5-6-8-14(13)16(18)20-10-12(3)4/h6,8-9,12-13,17H,4-5,7,10-11,14-15H2,1-3H3,(H2,19,20,21);5-8,11-12H,9-10H2,1-4H3. The SMILES string of the molecule is CC(C)COC(=O)c1ccccc1C(=O)OCC(C)C.CCCCCC(CCCOP(=O)(O)O)C(C)(C)c1ccccc1. The summed E-state index contributed by atoms with van der Waals surface area (Å²) < 4.78 is 25.7. The van der Waals surface area contributed by atoms with Gasteiger partial charge in [0.2, 0.25) is 0 Å². The topological polar surface area (TPSA) is 119 Å². The van der Waals surface area contributed by atoms with Crippen LogP contribution in [0, 0.1) is 17.8 Å². The summed E-state index contributed by atoms with van der Waals surface area (Å²) in [6, 6.07) is 17.0. The summed E-state index contributed by atoms with van der Waals surface area (Å²) in [4.78, 5) is 41.5. The van der Waals surface area contributed by atoms with Gasteiger partial charge in [-0.1, -0.05) is 110 Å². The van der Waals surface area contributed by atoms with Crippen molar-refractivity contribution in [3.8, 4) is 0 Å². The van der Waals surface area contributed by atoms with E-state index < -0.39 is 19.8 Å². The molecule has 2 rings (SSSR count). The van der Waals surface area contributed by atoms with Crippen LogP contribution in [0.3, 0.4) is 0 Å². The van der Waals surface area contributed by atoms with E-state index >= 15 is 0 Å². The van der Waals surface area contributed by atoms with Gasteiger partial charge in [-0.25, -0.2) is 14.2 Å². The van der Waals surface area contributed by atoms with E-state index in [2.05, 4.69) is 49.6 Å². The summed E-state index contributed by atoms with van der Waals surface area (Å²) in [5.74, 6) is -0.0126. The molecule has 0 aliphatic carbocycles. The van der Waals surface area contributed by atoms with Crippen LogP contribution < -0.4 is 0 Å². The zero-order valence-electron chi connectivity index (χ0n) is 27.1. The predicted octanol–water partition coefficient (Wildman–Crippen LogP) is 8.36. The van der Waals surface area contributed by atoms with Gasteiger partial charge >= 0.3 is 19.8 Å². The molecule has 0 saturated heterocycles. The Morgan fingerprint density at radius 3 is 1.67 bits per heavy atom. The van der Waals surface area contributed by atoms with Crippen molar-refractivity contribution >= 4 is 19.8 Å². The number of hydrogen-bond donors (Lipinski definition) is 2. The van der Waals surface area contributed by atoms with E-state index in [0.717, 1.165) is 12.8 Å². The van der Waals surface area contributed by atoms with Gasteiger partial charge in [0.15, 0.2) is 0 Å². The molecular formula is C34H53O8P. The molecule has 242 valence electrons. The molecule has 0 aliphatic rings. The Labute approximate surface area is 258 Å². The fraction of sp³-hybridized carbons (Fsp3) is 0.588. The second kappa shape index (κ2) is 19.7. The summed E-state index contributed by atoms with van der Waals surface area (Å²) in [7, 11) is -4.35. The highest BCUT2D eigenvalue weighted by Crippen LogP contribution is 2.39. The van der Waals surface area contributed by atoms with Crippen LogP contribution in [0.25, 0.3) is 0 Å². The molecule has 2 aromatic carbocycles. The van der Waals surface area contributed by atoms with Crippen LogP contribution in [-0.4, -0.2) is 41.5 Å². The molecule has 0 amide bonds. The maximum Gasteiger partial charge on any atom is 0.469 e. The Morgan fingerprint density at radius 1 is 0.767 bits per heavy atom. The van der Waals surface area contributed by atoms with E-state index in [9.17, 15) is 14.2 Å². The zero-order valence-corrected chi connectivity index (χ0v) is 28.0. The van der Waals surface area contributed by atoms with Crippen molar-refractivity contribution in [2.24, 2.45) is 17.8 Å². The van der Waals surface area contributed by atoms with Gasteiger partial charge in [-0.3, -0.25) is 4.52 Å². The average Bonchev–Trinajstić information content (AvgIpc) is 2.96. The van der Waals surface area contributed by atoms with Crippen molar-refractivity contribution in [3.05, 3.63) is 71.3 Å². The molecule has 0 fully saturated rings. The Morgan fingerprint density at radius 2 is 1.23 bits per heavy atom. The number of esters is 2. The molecule has 1 atom stereocenters. The third-order valence-corrected chi connectivity index (χ3v) is 7.63. The molecule has 0 heterocycles. The monoisotopic (exact) mass is 620 g/mol. The molecular weight excluding hydrogens is 567 g/mol. The highest BCUT2D eigenvalue weighted by atomic mass is 31.2. The number of carbonyl (C=O) groups excluding carboxylic acids is 2. The molecule has 0 radical (unpaired) electrons. The van der Waals surface area contributed by atoms with E-state index in [0.29, 0.717) is 25.6 Å². The summed E-state index contributed by atoms with van der Waals surface area (Å²) in [5.41, 5.74) is 1.86. The first-order valence-electron chi connectivity index (χ1n) is 15.4. The van der Waals surface area contributed by atoms with Gasteiger partial charge in [-0.2, -0.15) is 0 Å². The number of rotatable bonds is 17. The summed E-state index contributed by atoms with van der Waals surface area (Å²) >= 11 is 0. The van der Waals surface area contributed by atoms with E-state index in [1.54, 1.807) is 24.3 Å². The largest absolute Gasteiger partial charge is 0.469 e. The third kappa shape index (κ3) is 15.7. The van der Waals surface area contributed by atoms with E-state index in [4.69, 9.17) is 19.3 Å². The van der Waals surface area contributed by atoms with Crippen molar-refractivity contribution in [2.75, 3.05) is 19.8 Å². The molecule has 1 unspecified atom stereocenters. The van der Waals surface area contributed by atoms with Gasteiger partial charge < -0.3 is 19.3 Å². The molecule has 0 aromatic heterocycles. The Bertz CT molecular complexity index is 1080. The van der Waals surface area contributed by atoms with E-state index in [1.165, 1.54) is 24.8 Å². The van der Waals surface area contributed by atoms with Crippen molar-refractivity contribution in [1.29, 1.82) is 0 Å². The van der Waals surface area contributed by atoms with Gasteiger partial charge in [-0.15, -0.1) is 0 Å². The van der Waals surface area contributed by atoms with Crippen LogP contribution in [-0.2, 0) is 24.0 Å². The number of carbonyl (C=O) groups is 2. The van der Waals surface area contributed by atoms with E-state index in [-0.39, 0.29) is 35.0 Å².